The second-order valence-corrected chi connectivity index (χ2v) is 8.47. The number of halogens is 1. The Bertz CT molecular complexity index is 1060. The molecule has 0 aliphatic carbocycles. The summed E-state index contributed by atoms with van der Waals surface area (Å²) in [6.07, 6.45) is -1.18. The summed E-state index contributed by atoms with van der Waals surface area (Å²) >= 11 is 6.01. The number of rotatable bonds is 6. The van der Waals surface area contributed by atoms with E-state index in [4.69, 9.17) is 21.1 Å². The number of esters is 1. The van der Waals surface area contributed by atoms with Gasteiger partial charge in [0.15, 0.2) is 0 Å². The van der Waals surface area contributed by atoms with Crippen LogP contribution in [-0.2, 0) is 25.3 Å². The topological polar surface area (TPSA) is 116 Å². The molecule has 0 saturated carbocycles. The number of nitro groups is 1. The summed E-state index contributed by atoms with van der Waals surface area (Å²) in [5.41, 5.74) is -0.130. The molecule has 0 bridgehead atoms. The summed E-state index contributed by atoms with van der Waals surface area (Å²) in [4.78, 5) is 22.8. The fraction of sp³-hybridized carbons (Fsp3) is 0.278. The lowest BCUT2D eigenvalue weighted by Crippen LogP contribution is -2.48. The molecule has 1 aliphatic rings. The third-order valence-corrected chi connectivity index (χ3v) is 6.13. The van der Waals surface area contributed by atoms with Gasteiger partial charge in [-0.05, 0) is 25.1 Å². The van der Waals surface area contributed by atoms with Crippen LogP contribution in [0.4, 0.5) is 11.4 Å². The zero-order chi connectivity index (χ0) is 21.2. The van der Waals surface area contributed by atoms with Crippen molar-refractivity contribution < 1.29 is 27.6 Å². The number of hydrogen-bond donors (Lipinski definition) is 0. The van der Waals surface area contributed by atoms with Gasteiger partial charge in [-0.2, -0.15) is 0 Å². The predicted octanol–water partition coefficient (Wildman–Crippen LogP) is 2.91. The van der Waals surface area contributed by atoms with Gasteiger partial charge < -0.3 is 9.47 Å². The van der Waals surface area contributed by atoms with Gasteiger partial charge in [-0.3, -0.25) is 14.4 Å². The van der Waals surface area contributed by atoms with Crippen LogP contribution in [0.1, 0.15) is 12.5 Å². The number of ether oxygens (including phenoxy) is 2. The normalized spacial score (nSPS) is 15.9. The van der Waals surface area contributed by atoms with Crippen LogP contribution < -0.4 is 9.04 Å². The maximum atomic E-state index is 13.2. The van der Waals surface area contributed by atoms with Gasteiger partial charge in [0.25, 0.3) is 5.69 Å². The molecule has 0 fully saturated rings. The van der Waals surface area contributed by atoms with E-state index < -0.39 is 32.8 Å². The molecule has 29 heavy (non-hydrogen) atoms. The van der Waals surface area contributed by atoms with Crippen LogP contribution >= 0.6 is 11.6 Å². The smallest absolute Gasteiger partial charge is 0.349 e. The Hall–Kier alpha value is -2.85. The number of carbonyl (C=O) groups is 1. The minimum Gasteiger partial charge on any atom is -0.475 e. The van der Waals surface area contributed by atoms with E-state index in [1.807, 2.05) is 0 Å². The number of hydrogen-bond acceptors (Lipinski definition) is 7. The van der Waals surface area contributed by atoms with E-state index in [1.165, 1.54) is 42.5 Å². The fourth-order valence-corrected chi connectivity index (χ4v) is 4.70. The van der Waals surface area contributed by atoms with Crippen LogP contribution in [0, 0.1) is 10.1 Å². The van der Waals surface area contributed by atoms with Crippen LogP contribution in [0.5, 0.6) is 5.75 Å². The van der Waals surface area contributed by atoms with E-state index in [-0.39, 0.29) is 40.9 Å². The highest BCUT2D eigenvalue weighted by Gasteiger charge is 2.38. The lowest BCUT2D eigenvalue weighted by Gasteiger charge is -2.34. The minimum atomic E-state index is -4.12. The molecule has 154 valence electrons. The molecule has 1 atom stereocenters. The number of benzene rings is 2. The highest BCUT2D eigenvalue weighted by atomic mass is 35.5. The first-order chi connectivity index (χ1) is 13.7. The number of carbonyl (C=O) groups excluding carboxylic acids is 1. The highest BCUT2D eigenvalue weighted by molar-refractivity contribution is 7.92. The molecule has 9 nitrogen and oxygen atoms in total. The molecule has 1 heterocycles. The third-order valence-electron chi connectivity index (χ3n) is 4.20. The summed E-state index contributed by atoms with van der Waals surface area (Å²) in [6, 6.07) is 9.93. The van der Waals surface area contributed by atoms with Crippen molar-refractivity contribution in [1.82, 2.24) is 0 Å². The molecule has 0 saturated heterocycles. The summed E-state index contributed by atoms with van der Waals surface area (Å²) in [6.45, 7) is 1.39. The standard InChI is InChI=1S/C18H17ClN2O7S/c1-2-27-18(22)17-10-20(15-9-13(19)7-8-16(15)28-17)29(25,26)11-12-5-3-4-6-14(12)21(23)24/h3-9,17H,2,10-11H2,1H3/t17-/m0/s1. The summed E-state index contributed by atoms with van der Waals surface area (Å²) in [5.74, 6) is -1.20. The Labute approximate surface area is 172 Å². The molecule has 2 aromatic carbocycles. The molecule has 3 rings (SSSR count). The molecular weight excluding hydrogens is 424 g/mol. The Morgan fingerprint density at radius 3 is 2.76 bits per heavy atom. The van der Waals surface area contributed by atoms with Crippen LogP contribution in [-0.4, -0.2) is 38.6 Å². The minimum absolute atomic E-state index is 0.0280. The van der Waals surface area contributed by atoms with Crippen molar-refractivity contribution in [2.24, 2.45) is 0 Å². The fourth-order valence-electron chi connectivity index (χ4n) is 2.93. The lowest BCUT2D eigenvalue weighted by atomic mass is 10.2. The zero-order valence-corrected chi connectivity index (χ0v) is 16.9. The molecule has 0 aromatic heterocycles. The second kappa shape index (κ2) is 8.26. The third kappa shape index (κ3) is 4.43. The van der Waals surface area contributed by atoms with Gasteiger partial charge in [0.2, 0.25) is 16.1 Å². The largest absolute Gasteiger partial charge is 0.475 e. The van der Waals surface area contributed by atoms with Crippen LogP contribution in [0.15, 0.2) is 42.5 Å². The number of sulfonamides is 1. The van der Waals surface area contributed by atoms with Crippen molar-refractivity contribution in [2.45, 2.75) is 18.8 Å². The molecule has 2 aromatic rings. The van der Waals surface area contributed by atoms with Crippen molar-refractivity contribution in [3.63, 3.8) is 0 Å². The molecular formula is C18H17ClN2O7S. The first kappa shape index (κ1) is 20.9. The molecule has 0 unspecified atom stereocenters. The van der Waals surface area contributed by atoms with E-state index in [1.54, 1.807) is 6.92 Å². The van der Waals surface area contributed by atoms with Crippen LogP contribution in [0.2, 0.25) is 5.02 Å². The van der Waals surface area contributed by atoms with Gasteiger partial charge in [0.1, 0.15) is 11.5 Å². The molecule has 0 spiro atoms. The van der Waals surface area contributed by atoms with Crippen molar-refractivity contribution in [2.75, 3.05) is 17.5 Å². The molecule has 0 N–H and O–H groups in total. The maximum absolute atomic E-state index is 13.2. The number of nitro benzene ring substituents is 1. The van der Waals surface area contributed by atoms with E-state index in [0.717, 1.165) is 4.31 Å². The Kier molecular flexibility index (Phi) is 5.94. The van der Waals surface area contributed by atoms with Crippen molar-refractivity contribution in [1.29, 1.82) is 0 Å². The van der Waals surface area contributed by atoms with E-state index in [9.17, 15) is 23.3 Å². The second-order valence-electron chi connectivity index (χ2n) is 6.14. The zero-order valence-electron chi connectivity index (χ0n) is 15.3. The van der Waals surface area contributed by atoms with E-state index in [0.29, 0.717) is 0 Å². The number of fused-ring (bicyclic) bond motifs is 1. The van der Waals surface area contributed by atoms with E-state index in [2.05, 4.69) is 0 Å². The van der Waals surface area contributed by atoms with Gasteiger partial charge >= 0.3 is 5.97 Å². The maximum Gasteiger partial charge on any atom is 0.349 e. The average molecular weight is 441 g/mol. The van der Waals surface area contributed by atoms with Gasteiger partial charge in [0.05, 0.1) is 23.8 Å². The Morgan fingerprint density at radius 2 is 2.07 bits per heavy atom. The first-order valence-corrected chi connectivity index (χ1v) is 10.6. The Morgan fingerprint density at radius 1 is 1.34 bits per heavy atom. The van der Waals surface area contributed by atoms with Gasteiger partial charge in [-0.25, -0.2) is 13.2 Å². The summed E-state index contributed by atoms with van der Waals surface area (Å²) in [7, 11) is -4.12. The van der Waals surface area contributed by atoms with Gasteiger partial charge in [-0.1, -0.05) is 29.8 Å². The molecule has 0 radical (unpaired) electrons. The van der Waals surface area contributed by atoms with Crippen LogP contribution in [0.3, 0.4) is 0 Å². The quantitative estimate of drug-likeness (QED) is 0.385. The molecule has 11 heteroatoms. The SMILES string of the molecule is CCOC(=O)[C@@H]1CN(S(=O)(=O)Cc2ccccc2[N+](=O)[O-])c2cc(Cl)ccc2O1. The first-order valence-electron chi connectivity index (χ1n) is 8.58. The summed E-state index contributed by atoms with van der Waals surface area (Å²) < 4.78 is 37.9. The predicted molar refractivity (Wildman–Crippen MR) is 106 cm³/mol. The average Bonchev–Trinajstić information content (AvgIpc) is 2.67. The van der Waals surface area contributed by atoms with Crippen molar-refractivity contribution >= 4 is 39.0 Å². The Balaban J connectivity index is 2.02. The van der Waals surface area contributed by atoms with Gasteiger partial charge in [-0.15, -0.1) is 0 Å². The monoisotopic (exact) mass is 440 g/mol. The van der Waals surface area contributed by atoms with Crippen molar-refractivity contribution in [3.8, 4) is 5.75 Å². The number of para-hydroxylation sites is 1. The number of nitrogens with zero attached hydrogens (tertiary/aromatic N) is 2. The lowest BCUT2D eigenvalue weighted by molar-refractivity contribution is -0.385. The molecule has 0 amide bonds. The van der Waals surface area contributed by atoms with Gasteiger partial charge in [0, 0.05) is 16.7 Å². The number of anilines is 1. The summed E-state index contributed by atoms with van der Waals surface area (Å²) in [5, 5.41) is 11.5. The van der Waals surface area contributed by atoms with Crippen molar-refractivity contribution in [3.05, 3.63) is 63.2 Å². The highest BCUT2D eigenvalue weighted by Crippen LogP contribution is 2.38. The van der Waals surface area contributed by atoms with E-state index >= 15 is 0 Å². The van der Waals surface area contributed by atoms with Crippen LogP contribution in [0.25, 0.3) is 0 Å². The molecule has 1 aliphatic heterocycles.